The van der Waals surface area contributed by atoms with Gasteiger partial charge >= 0.3 is 0 Å². The molecule has 3 heterocycles. The number of para-hydroxylation sites is 1. The van der Waals surface area contributed by atoms with Crippen molar-refractivity contribution < 1.29 is 0 Å². The summed E-state index contributed by atoms with van der Waals surface area (Å²) >= 11 is 1.78. The molecular weight excluding hydrogens is 292 g/mol. The molecule has 4 nitrogen and oxygen atoms in total. The summed E-state index contributed by atoms with van der Waals surface area (Å²) in [6.07, 6.45) is 1.09. The maximum atomic E-state index is 4.86. The molecular formula is C17H20N4S. The number of likely N-dealkylation sites (N-methyl/N-ethyl adjacent to an activating group) is 1. The second-order valence-corrected chi connectivity index (χ2v) is 6.72. The normalized spacial score (nSPS) is 15.2. The van der Waals surface area contributed by atoms with Gasteiger partial charge in [0, 0.05) is 25.8 Å². The van der Waals surface area contributed by atoms with Crippen molar-refractivity contribution in [2.75, 3.05) is 25.5 Å². The van der Waals surface area contributed by atoms with E-state index in [1.54, 1.807) is 11.3 Å². The van der Waals surface area contributed by atoms with Crippen molar-refractivity contribution >= 4 is 27.4 Å². The Morgan fingerprint density at radius 2 is 2.23 bits per heavy atom. The Labute approximate surface area is 134 Å². The van der Waals surface area contributed by atoms with Gasteiger partial charge in [0.1, 0.15) is 10.8 Å². The third-order valence-electron chi connectivity index (χ3n) is 4.46. The average molecular weight is 312 g/mol. The maximum absolute atomic E-state index is 4.86. The molecule has 4 rings (SSSR count). The van der Waals surface area contributed by atoms with Gasteiger partial charge < -0.3 is 10.3 Å². The first kappa shape index (κ1) is 13.8. The van der Waals surface area contributed by atoms with E-state index < -0.39 is 0 Å². The van der Waals surface area contributed by atoms with Gasteiger partial charge in [-0.3, -0.25) is 4.90 Å². The standard InChI is InChI=1S/C17H20N4S/c1-3-21-9-8-11-13(10-21)19-16(18-2)15(11)17-20-12-6-4-5-7-14(12)22-17/h4-7,18-19H,3,8-10H2,1-2H3. The molecule has 2 aromatic heterocycles. The molecule has 0 spiro atoms. The Bertz CT molecular complexity index is 784. The van der Waals surface area contributed by atoms with E-state index in [1.165, 1.54) is 21.5 Å². The lowest BCUT2D eigenvalue weighted by atomic mass is 10.0. The maximum Gasteiger partial charge on any atom is 0.128 e. The average Bonchev–Trinajstić information content (AvgIpc) is 3.14. The number of anilines is 1. The molecule has 1 aliphatic heterocycles. The number of fused-ring (bicyclic) bond motifs is 2. The molecule has 1 aliphatic rings. The molecule has 0 atom stereocenters. The third kappa shape index (κ3) is 2.12. The summed E-state index contributed by atoms with van der Waals surface area (Å²) in [7, 11) is 1.98. The van der Waals surface area contributed by atoms with Crippen LogP contribution < -0.4 is 5.32 Å². The largest absolute Gasteiger partial charge is 0.374 e. The van der Waals surface area contributed by atoms with E-state index in [9.17, 15) is 0 Å². The van der Waals surface area contributed by atoms with Gasteiger partial charge in [-0.2, -0.15) is 0 Å². The number of hydrogen-bond acceptors (Lipinski definition) is 4. The topological polar surface area (TPSA) is 44.0 Å². The lowest BCUT2D eigenvalue weighted by molar-refractivity contribution is 0.265. The lowest BCUT2D eigenvalue weighted by Gasteiger charge is -2.25. The summed E-state index contributed by atoms with van der Waals surface area (Å²) in [6.45, 7) is 5.46. The Morgan fingerprint density at radius 1 is 1.36 bits per heavy atom. The van der Waals surface area contributed by atoms with E-state index in [4.69, 9.17) is 4.98 Å². The quantitative estimate of drug-likeness (QED) is 0.775. The van der Waals surface area contributed by atoms with Gasteiger partial charge in [0.2, 0.25) is 0 Å². The van der Waals surface area contributed by atoms with Crippen molar-refractivity contribution in [2.45, 2.75) is 19.9 Å². The van der Waals surface area contributed by atoms with Crippen LogP contribution in [0, 0.1) is 0 Å². The number of thiazole rings is 1. The second kappa shape index (κ2) is 5.41. The molecule has 0 saturated heterocycles. The van der Waals surface area contributed by atoms with Crippen molar-refractivity contribution in [1.29, 1.82) is 0 Å². The van der Waals surface area contributed by atoms with Crippen LogP contribution in [0.1, 0.15) is 18.2 Å². The number of aromatic amines is 1. The first-order valence-corrected chi connectivity index (χ1v) is 8.61. The van der Waals surface area contributed by atoms with Gasteiger partial charge in [0.15, 0.2) is 0 Å². The van der Waals surface area contributed by atoms with Gasteiger partial charge in [-0.25, -0.2) is 4.98 Å². The molecule has 22 heavy (non-hydrogen) atoms. The zero-order chi connectivity index (χ0) is 15.1. The third-order valence-corrected chi connectivity index (χ3v) is 5.51. The molecule has 3 aromatic rings. The highest BCUT2D eigenvalue weighted by Crippen LogP contribution is 2.40. The Kier molecular flexibility index (Phi) is 3.39. The van der Waals surface area contributed by atoms with E-state index in [1.807, 2.05) is 7.05 Å². The number of H-pyrrole nitrogens is 1. The molecule has 0 fully saturated rings. The number of aromatic nitrogens is 2. The summed E-state index contributed by atoms with van der Waals surface area (Å²) in [6, 6.07) is 8.37. The molecule has 2 N–H and O–H groups in total. The Hall–Kier alpha value is -1.85. The molecule has 0 saturated carbocycles. The molecule has 0 unspecified atom stereocenters. The van der Waals surface area contributed by atoms with Crippen molar-refractivity contribution in [3.8, 4) is 10.6 Å². The number of nitrogens with zero attached hydrogens (tertiary/aromatic N) is 2. The van der Waals surface area contributed by atoms with E-state index in [0.717, 1.165) is 42.4 Å². The minimum absolute atomic E-state index is 1.01. The second-order valence-electron chi connectivity index (χ2n) is 5.69. The lowest BCUT2D eigenvalue weighted by Crippen LogP contribution is -2.30. The van der Waals surface area contributed by atoms with E-state index in [2.05, 4.69) is 46.4 Å². The summed E-state index contributed by atoms with van der Waals surface area (Å²) in [5.74, 6) is 1.10. The van der Waals surface area contributed by atoms with Crippen LogP contribution in [0.3, 0.4) is 0 Å². The predicted molar refractivity (Wildman–Crippen MR) is 93.6 cm³/mol. The minimum Gasteiger partial charge on any atom is -0.374 e. The Morgan fingerprint density at radius 3 is 3.00 bits per heavy atom. The zero-order valence-electron chi connectivity index (χ0n) is 12.9. The van der Waals surface area contributed by atoms with E-state index in [-0.39, 0.29) is 0 Å². The van der Waals surface area contributed by atoms with Gasteiger partial charge in [0.25, 0.3) is 0 Å². The molecule has 0 radical (unpaired) electrons. The number of hydrogen-bond donors (Lipinski definition) is 2. The summed E-state index contributed by atoms with van der Waals surface area (Å²) in [4.78, 5) is 10.9. The fourth-order valence-electron chi connectivity index (χ4n) is 3.25. The SMILES string of the molecule is CCN1CCc2c([nH]c(NC)c2-c2nc3ccccc3s2)C1. The highest BCUT2D eigenvalue weighted by atomic mass is 32.1. The van der Waals surface area contributed by atoms with Gasteiger partial charge in [0.05, 0.1) is 15.8 Å². The molecule has 0 amide bonds. The van der Waals surface area contributed by atoms with Gasteiger partial charge in [-0.15, -0.1) is 11.3 Å². The van der Waals surface area contributed by atoms with Crippen LogP contribution in [0.25, 0.3) is 20.8 Å². The number of rotatable bonds is 3. The van der Waals surface area contributed by atoms with Gasteiger partial charge in [-0.1, -0.05) is 19.1 Å². The monoisotopic (exact) mass is 312 g/mol. The van der Waals surface area contributed by atoms with Crippen LogP contribution in [0.4, 0.5) is 5.82 Å². The zero-order valence-corrected chi connectivity index (χ0v) is 13.8. The van der Waals surface area contributed by atoms with Crippen molar-refractivity contribution in [1.82, 2.24) is 14.9 Å². The smallest absolute Gasteiger partial charge is 0.128 e. The van der Waals surface area contributed by atoms with Crippen LogP contribution in [-0.2, 0) is 13.0 Å². The van der Waals surface area contributed by atoms with Crippen LogP contribution in [0.5, 0.6) is 0 Å². The molecule has 5 heteroatoms. The first-order chi connectivity index (χ1) is 10.8. The van der Waals surface area contributed by atoms with E-state index >= 15 is 0 Å². The molecule has 1 aromatic carbocycles. The van der Waals surface area contributed by atoms with Crippen molar-refractivity contribution in [2.24, 2.45) is 0 Å². The fraction of sp³-hybridized carbons (Fsp3) is 0.353. The first-order valence-electron chi connectivity index (χ1n) is 7.80. The highest BCUT2D eigenvalue weighted by Gasteiger charge is 2.25. The van der Waals surface area contributed by atoms with Gasteiger partial charge in [-0.05, 0) is 30.7 Å². The van der Waals surface area contributed by atoms with Crippen LogP contribution in [0.15, 0.2) is 24.3 Å². The fourth-order valence-corrected chi connectivity index (χ4v) is 4.29. The predicted octanol–water partition coefficient (Wildman–Crippen LogP) is 3.71. The summed E-state index contributed by atoms with van der Waals surface area (Å²) in [5.41, 5.74) is 5.14. The highest BCUT2D eigenvalue weighted by molar-refractivity contribution is 7.21. The van der Waals surface area contributed by atoms with Crippen LogP contribution >= 0.6 is 11.3 Å². The summed E-state index contributed by atoms with van der Waals surface area (Å²) in [5, 5.41) is 4.44. The van der Waals surface area contributed by atoms with Crippen LogP contribution in [0.2, 0.25) is 0 Å². The number of nitrogens with one attached hydrogen (secondary N) is 2. The summed E-state index contributed by atoms with van der Waals surface area (Å²) < 4.78 is 1.25. The van der Waals surface area contributed by atoms with Crippen molar-refractivity contribution in [3.05, 3.63) is 35.5 Å². The minimum atomic E-state index is 1.01. The molecule has 0 bridgehead atoms. The van der Waals surface area contributed by atoms with E-state index in [0.29, 0.717) is 0 Å². The Balaban J connectivity index is 1.85. The van der Waals surface area contributed by atoms with Crippen LogP contribution in [-0.4, -0.2) is 35.0 Å². The molecule has 0 aliphatic carbocycles. The number of benzene rings is 1. The van der Waals surface area contributed by atoms with Crippen molar-refractivity contribution in [3.63, 3.8) is 0 Å². The molecule has 114 valence electrons.